The van der Waals surface area contributed by atoms with Crippen LogP contribution in [0.1, 0.15) is 25.5 Å². The maximum Gasteiger partial charge on any atom is 0.387 e. The van der Waals surface area contributed by atoms with Crippen LogP contribution in [0.5, 0.6) is 5.75 Å². The summed E-state index contributed by atoms with van der Waals surface area (Å²) in [6.45, 7) is 0.512. The van der Waals surface area contributed by atoms with E-state index in [2.05, 4.69) is 14.8 Å². The molecular formula is C13H17F2NO3. The molecule has 1 rings (SSSR count). The number of methoxy groups -OCH3 is 1. The Balaban J connectivity index is 2.81. The molecule has 0 bridgehead atoms. The number of carbonyl (C=O) groups is 1. The Morgan fingerprint density at radius 1 is 1.26 bits per heavy atom. The second-order valence-electron chi connectivity index (χ2n) is 4.05. The Labute approximate surface area is 110 Å². The molecule has 4 nitrogen and oxygen atoms in total. The molecular weight excluding hydrogens is 256 g/mol. The Morgan fingerprint density at radius 2 is 1.89 bits per heavy atom. The fourth-order valence-electron chi connectivity index (χ4n) is 1.75. The average molecular weight is 273 g/mol. The predicted molar refractivity (Wildman–Crippen MR) is 66.1 cm³/mol. The van der Waals surface area contributed by atoms with Gasteiger partial charge in [-0.05, 0) is 19.9 Å². The molecule has 0 saturated carbocycles. The first kappa shape index (κ1) is 15.4. The molecule has 0 radical (unpaired) electrons. The maximum atomic E-state index is 12.3. The molecule has 0 aliphatic heterocycles. The highest BCUT2D eigenvalue weighted by Crippen LogP contribution is 2.26. The minimum Gasteiger partial charge on any atom is -0.468 e. The summed E-state index contributed by atoms with van der Waals surface area (Å²) >= 11 is 0. The maximum absolute atomic E-state index is 12.3. The van der Waals surface area contributed by atoms with Crippen molar-refractivity contribution in [3.8, 4) is 5.75 Å². The number of carbonyl (C=O) groups excluding carboxylic acids is 1. The molecule has 0 aliphatic rings. The van der Waals surface area contributed by atoms with E-state index in [4.69, 9.17) is 0 Å². The number of alkyl halides is 2. The van der Waals surface area contributed by atoms with Crippen LogP contribution in [0.25, 0.3) is 0 Å². The summed E-state index contributed by atoms with van der Waals surface area (Å²) in [5.41, 5.74) is 0.554. The van der Waals surface area contributed by atoms with Crippen LogP contribution in [0.3, 0.4) is 0 Å². The van der Waals surface area contributed by atoms with Crippen LogP contribution in [0.4, 0.5) is 8.78 Å². The van der Waals surface area contributed by atoms with Gasteiger partial charge in [0.1, 0.15) is 11.8 Å². The number of hydrogen-bond acceptors (Lipinski definition) is 4. The number of ether oxygens (including phenoxy) is 2. The van der Waals surface area contributed by atoms with Gasteiger partial charge in [0.05, 0.1) is 7.11 Å². The third-order valence-corrected chi connectivity index (χ3v) is 2.66. The summed E-state index contributed by atoms with van der Waals surface area (Å²) in [6, 6.07) is 5.58. The summed E-state index contributed by atoms with van der Waals surface area (Å²) < 4.78 is 33.6. The van der Waals surface area contributed by atoms with Crippen LogP contribution in [-0.2, 0) is 9.53 Å². The standard InChI is InChI=1S/C13H17F2NO3/c1-8(16-9(2)12(17)18-3)10-6-4-5-7-11(10)19-13(14)15/h4-9,13,16H,1-3H3/t8?,9-/m0/s1. The lowest BCUT2D eigenvalue weighted by Gasteiger charge is -2.21. The van der Waals surface area contributed by atoms with Gasteiger partial charge in [0.15, 0.2) is 0 Å². The minimum absolute atomic E-state index is 0.0922. The van der Waals surface area contributed by atoms with E-state index < -0.39 is 18.6 Å². The second-order valence-corrected chi connectivity index (χ2v) is 4.05. The number of para-hydroxylation sites is 1. The molecule has 2 atom stereocenters. The van der Waals surface area contributed by atoms with Crippen LogP contribution >= 0.6 is 0 Å². The van der Waals surface area contributed by atoms with Crippen molar-refractivity contribution < 1.29 is 23.0 Å². The molecule has 1 unspecified atom stereocenters. The van der Waals surface area contributed by atoms with Crippen molar-refractivity contribution in [2.45, 2.75) is 32.5 Å². The van der Waals surface area contributed by atoms with Crippen LogP contribution in [0.15, 0.2) is 24.3 Å². The molecule has 0 amide bonds. The Morgan fingerprint density at radius 3 is 2.47 bits per heavy atom. The van der Waals surface area contributed by atoms with Crippen molar-refractivity contribution in [3.63, 3.8) is 0 Å². The van der Waals surface area contributed by atoms with Crippen molar-refractivity contribution in [2.75, 3.05) is 7.11 Å². The quantitative estimate of drug-likeness (QED) is 0.809. The normalized spacial score (nSPS) is 14.0. The highest BCUT2D eigenvalue weighted by atomic mass is 19.3. The van der Waals surface area contributed by atoms with Gasteiger partial charge in [0.25, 0.3) is 0 Å². The molecule has 1 aromatic rings. The van der Waals surface area contributed by atoms with Crippen molar-refractivity contribution in [2.24, 2.45) is 0 Å². The van der Waals surface area contributed by atoms with Gasteiger partial charge in [-0.25, -0.2) is 0 Å². The molecule has 1 aromatic carbocycles. The van der Waals surface area contributed by atoms with Gasteiger partial charge in [-0.1, -0.05) is 18.2 Å². The van der Waals surface area contributed by atoms with Crippen LogP contribution in [0, 0.1) is 0 Å². The molecule has 106 valence electrons. The van der Waals surface area contributed by atoms with Gasteiger partial charge in [0, 0.05) is 11.6 Å². The SMILES string of the molecule is COC(=O)[C@H](C)NC(C)c1ccccc1OC(F)F. The Hall–Kier alpha value is -1.69. The monoisotopic (exact) mass is 273 g/mol. The first-order chi connectivity index (χ1) is 8.95. The van der Waals surface area contributed by atoms with Gasteiger partial charge >= 0.3 is 12.6 Å². The number of nitrogens with one attached hydrogen (secondary N) is 1. The average Bonchev–Trinajstić information content (AvgIpc) is 2.37. The topological polar surface area (TPSA) is 47.6 Å². The zero-order valence-electron chi connectivity index (χ0n) is 11.0. The molecule has 19 heavy (non-hydrogen) atoms. The minimum atomic E-state index is -2.88. The molecule has 0 saturated heterocycles. The van der Waals surface area contributed by atoms with Crippen molar-refractivity contribution in [1.29, 1.82) is 0 Å². The highest BCUT2D eigenvalue weighted by molar-refractivity contribution is 5.75. The predicted octanol–water partition coefficient (Wildman–Crippen LogP) is 2.50. The van der Waals surface area contributed by atoms with Crippen molar-refractivity contribution in [3.05, 3.63) is 29.8 Å². The number of esters is 1. The van der Waals surface area contributed by atoms with Crippen LogP contribution < -0.4 is 10.1 Å². The summed E-state index contributed by atoms with van der Waals surface area (Å²) in [6.07, 6.45) is 0. The lowest BCUT2D eigenvalue weighted by molar-refractivity contribution is -0.142. The summed E-state index contributed by atoms with van der Waals surface area (Å²) in [4.78, 5) is 11.3. The van der Waals surface area contributed by atoms with E-state index in [1.54, 1.807) is 32.0 Å². The van der Waals surface area contributed by atoms with E-state index in [9.17, 15) is 13.6 Å². The fourth-order valence-corrected chi connectivity index (χ4v) is 1.75. The first-order valence-electron chi connectivity index (χ1n) is 5.83. The van der Waals surface area contributed by atoms with E-state index in [1.807, 2.05) is 0 Å². The molecule has 6 heteroatoms. The van der Waals surface area contributed by atoms with Crippen LogP contribution in [-0.4, -0.2) is 25.7 Å². The van der Waals surface area contributed by atoms with E-state index >= 15 is 0 Å². The fraction of sp³-hybridized carbons (Fsp3) is 0.462. The van der Waals surface area contributed by atoms with Gasteiger partial charge in [-0.2, -0.15) is 8.78 Å². The lowest BCUT2D eigenvalue weighted by atomic mass is 10.1. The lowest BCUT2D eigenvalue weighted by Crippen LogP contribution is -2.36. The van der Waals surface area contributed by atoms with E-state index in [1.165, 1.54) is 13.2 Å². The van der Waals surface area contributed by atoms with Crippen LogP contribution in [0.2, 0.25) is 0 Å². The zero-order chi connectivity index (χ0) is 14.4. The third-order valence-electron chi connectivity index (χ3n) is 2.66. The molecule has 0 fully saturated rings. The van der Waals surface area contributed by atoms with Gasteiger partial charge in [0.2, 0.25) is 0 Å². The molecule has 0 aromatic heterocycles. The third kappa shape index (κ3) is 4.48. The molecule has 1 N–H and O–H groups in total. The second kappa shape index (κ2) is 7.04. The van der Waals surface area contributed by atoms with Gasteiger partial charge in [-0.3, -0.25) is 10.1 Å². The largest absolute Gasteiger partial charge is 0.468 e. The smallest absolute Gasteiger partial charge is 0.387 e. The Kier molecular flexibility index (Phi) is 5.69. The molecule has 0 spiro atoms. The van der Waals surface area contributed by atoms with Crippen molar-refractivity contribution >= 4 is 5.97 Å². The highest BCUT2D eigenvalue weighted by Gasteiger charge is 2.19. The van der Waals surface area contributed by atoms with E-state index in [0.717, 1.165) is 0 Å². The summed E-state index contributed by atoms with van der Waals surface area (Å²) in [5, 5.41) is 2.96. The van der Waals surface area contributed by atoms with E-state index in [-0.39, 0.29) is 11.8 Å². The van der Waals surface area contributed by atoms with Gasteiger partial charge < -0.3 is 9.47 Å². The van der Waals surface area contributed by atoms with Crippen molar-refractivity contribution in [1.82, 2.24) is 5.32 Å². The van der Waals surface area contributed by atoms with Gasteiger partial charge in [-0.15, -0.1) is 0 Å². The zero-order valence-corrected chi connectivity index (χ0v) is 11.0. The number of rotatable bonds is 6. The van der Waals surface area contributed by atoms with E-state index in [0.29, 0.717) is 5.56 Å². The molecule has 0 heterocycles. The Bertz CT molecular complexity index is 426. The number of halogens is 2. The molecule has 0 aliphatic carbocycles. The number of benzene rings is 1. The first-order valence-corrected chi connectivity index (χ1v) is 5.83. The summed E-state index contributed by atoms with van der Waals surface area (Å²) in [5.74, 6) is -0.325. The summed E-state index contributed by atoms with van der Waals surface area (Å²) in [7, 11) is 1.29. The number of hydrogen-bond donors (Lipinski definition) is 1.